The highest BCUT2D eigenvalue weighted by atomic mass is 16.1. The third-order valence-electron chi connectivity index (χ3n) is 2.79. The molecule has 1 heterocycles. The summed E-state index contributed by atoms with van der Waals surface area (Å²) in [5.41, 5.74) is 6.90. The van der Waals surface area contributed by atoms with Crippen molar-refractivity contribution in [2.45, 2.75) is 26.8 Å². The van der Waals surface area contributed by atoms with Crippen LogP contribution in [0.25, 0.3) is 0 Å². The number of hydrogen-bond donors (Lipinski definition) is 1. The first-order chi connectivity index (χ1) is 9.06. The van der Waals surface area contributed by atoms with Gasteiger partial charge in [-0.3, -0.25) is 4.79 Å². The van der Waals surface area contributed by atoms with E-state index in [2.05, 4.69) is 23.9 Å². The number of benzene rings is 1. The lowest BCUT2D eigenvalue weighted by Crippen LogP contribution is -2.14. The van der Waals surface area contributed by atoms with E-state index in [4.69, 9.17) is 5.73 Å². The number of Topliss-reactive ketones (excluding diaryl/α,β-unsaturated/α-hetero) is 1. The lowest BCUT2D eigenvalue weighted by atomic mass is 10.1. The van der Waals surface area contributed by atoms with Gasteiger partial charge in [-0.05, 0) is 30.2 Å². The predicted molar refractivity (Wildman–Crippen MR) is 73.7 cm³/mol. The quantitative estimate of drug-likeness (QED) is 0.657. The molecule has 2 rings (SSSR count). The molecule has 100 valence electrons. The van der Waals surface area contributed by atoms with E-state index >= 15 is 0 Å². The van der Waals surface area contributed by atoms with Gasteiger partial charge in [-0.25, -0.2) is 9.67 Å². The van der Waals surface area contributed by atoms with Gasteiger partial charge < -0.3 is 5.73 Å². The number of nitrogens with two attached hydrogens (primary N) is 1. The fourth-order valence-electron chi connectivity index (χ4n) is 1.84. The van der Waals surface area contributed by atoms with Crippen molar-refractivity contribution >= 4 is 11.5 Å². The summed E-state index contributed by atoms with van der Waals surface area (Å²) >= 11 is 0. The molecular formula is C14H18N4O. The van der Waals surface area contributed by atoms with Crippen LogP contribution in [0.5, 0.6) is 0 Å². The Labute approximate surface area is 112 Å². The molecule has 1 aromatic heterocycles. The molecule has 5 heteroatoms. The van der Waals surface area contributed by atoms with E-state index < -0.39 is 0 Å². The largest absolute Gasteiger partial charge is 0.399 e. The molecule has 2 aromatic rings. The second-order valence-corrected chi connectivity index (χ2v) is 4.97. The molecule has 0 radical (unpaired) electrons. The van der Waals surface area contributed by atoms with Gasteiger partial charge in [-0.1, -0.05) is 13.8 Å². The Balaban J connectivity index is 2.10. The van der Waals surface area contributed by atoms with Crippen molar-refractivity contribution in [3.05, 3.63) is 42.0 Å². The molecule has 0 aliphatic heterocycles. The standard InChI is InChI=1S/C14H18N4O/c1-10(2)8-18-14(16-9-17-18)7-13(19)11-3-5-12(15)6-4-11/h3-6,9-10H,7-8,15H2,1-2H3. The Bertz CT molecular complexity index is 557. The highest BCUT2D eigenvalue weighted by molar-refractivity contribution is 5.97. The molecular weight excluding hydrogens is 240 g/mol. The lowest BCUT2D eigenvalue weighted by molar-refractivity contribution is 0.0989. The van der Waals surface area contributed by atoms with E-state index in [0.29, 0.717) is 23.0 Å². The average molecular weight is 258 g/mol. The number of ketones is 1. The predicted octanol–water partition coefficient (Wildman–Crippen LogP) is 1.94. The topological polar surface area (TPSA) is 73.8 Å². The number of hydrogen-bond acceptors (Lipinski definition) is 4. The average Bonchev–Trinajstić information content (AvgIpc) is 2.76. The number of nitrogens with zero attached hydrogens (tertiary/aromatic N) is 3. The number of carbonyl (C=O) groups is 1. The molecule has 0 fully saturated rings. The Morgan fingerprint density at radius 1 is 1.32 bits per heavy atom. The van der Waals surface area contributed by atoms with Gasteiger partial charge in [0.05, 0.1) is 6.42 Å². The lowest BCUT2D eigenvalue weighted by Gasteiger charge is -2.08. The molecule has 1 aromatic carbocycles. The van der Waals surface area contributed by atoms with Crippen molar-refractivity contribution in [2.24, 2.45) is 5.92 Å². The van der Waals surface area contributed by atoms with Crippen molar-refractivity contribution in [3.63, 3.8) is 0 Å². The number of aromatic nitrogens is 3. The molecule has 19 heavy (non-hydrogen) atoms. The zero-order chi connectivity index (χ0) is 13.8. The van der Waals surface area contributed by atoms with Gasteiger partial charge in [0, 0.05) is 17.8 Å². The molecule has 0 aliphatic carbocycles. The molecule has 2 N–H and O–H groups in total. The molecule has 0 spiro atoms. The molecule has 0 bridgehead atoms. The maximum Gasteiger partial charge on any atom is 0.170 e. The van der Waals surface area contributed by atoms with Crippen molar-refractivity contribution in [1.82, 2.24) is 14.8 Å². The van der Waals surface area contributed by atoms with Crippen molar-refractivity contribution in [3.8, 4) is 0 Å². The van der Waals surface area contributed by atoms with Crippen LogP contribution < -0.4 is 5.73 Å². The van der Waals surface area contributed by atoms with Crippen molar-refractivity contribution < 1.29 is 4.79 Å². The van der Waals surface area contributed by atoms with E-state index in [1.807, 2.05) is 0 Å². The third-order valence-corrected chi connectivity index (χ3v) is 2.79. The summed E-state index contributed by atoms with van der Waals surface area (Å²) in [5.74, 6) is 1.20. The van der Waals surface area contributed by atoms with Crippen molar-refractivity contribution in [1.29, 1.82) is 0 Å². The molecule has 0 saturated carbocycles. The smallest absolute Gasteiger partial charge is 0.170 e. The van der Waals surface area contributed by atoms with Crippen LogP contribution >= 0.6 is 0 Å². The summed E-state index contributed by atoms with van der Waals surface area (Å²) in [6.07, 6.45) is 1.75. The van der Waals surface area contributed by atoms with E-state index in [1.54, 1.807) is 28.9 Å². The second kappa shape index (κ2) is 5.65. The first-order valence-corrected chi connectivity index (χ1v) is 6.31. The zero-order valence-electron chi connectivity index (χ0n) is 11.2. The summed E-state index contributed by atoms with van der Waals surface area (Å²) < 4.78 is 1.79. The summed E-state index contributed by atoms with van der Waals surface area (Å²) in [7, 11) is 0. The SMILES string of the molecule is CC(C)Cn1ncnc1CC(=O)c1ccc(N)cc1. The Morgan fingerprint density at radius 2 is 2.00 bits per heavy atom. The van der Waals surface area contributed by atoms with Gasteiger partial charge in [0.1, 0.15) is 12.2 Å². The minimum Gasteiger partial charge on any atom is -0.399 e. The number of rotatable bonds is 5. The van der Waals surface area contributed by atoms with Gasteiger partial charge >= 0.3 is 0 Å². The molecule has 5 nitrogen and oxygen atoms in total. The highest BCUT2D eigenvalue weighted by Crippen LogP contribution is 2.10. The van der Waals surface area contributed by atoms with Crippen LogP contribution in [-0.4, -0.2) is 20.5 Å². The van der Waals surface area contributed by atoms with Crippen LogP contribution in [0.4, 0.5) is 5.69 Å². The third kappa shape index (κ3) is 3.40. The molecule has 0 unspecified atom stereocenters. The monoisotopic (exact) mass is 258 g/mol. The van der Waals surface area contributed by atoms with Gasteiger partial charge in [-0.2, -0.15) is 5.10 Å². The van der Waals surface area contributed by atoms with Crippen LogP contribution in [0.1, 0.15) is 30.0 Å². The number of nitrogen functional groups attached to an aromatic ring is 1. The Kier molecular flexibility index (Phi) is 3.94. The van der Waals surface area contributed by atoms with Crippen molar-refractivity contribution in [2.75, 3.05) is 5.73 Å². The van der Waals surface area contributed by atoms with Crippen LogP contribution in [0, 0.1) is 5.92 Å². The normalized spacial score (nSPS) is 10.9. The van der Waals surface area contributed by atoms with E-state index in [1.165, 1.54) is 6.33 Å². The molecule has 0 atom stereocenters. The van der Waals surface area contributed by atoms with Gasteiger partial charge in [-0.15, -0.1) is 0 Å². The fraction of sp³-hybridized carbons (Fsp3) is 0.357. The minimum absolute atomic E-state index is 0.0259. The first kappa shape index (κ1) is 13.3. The maximum atomic E-state index is 12.1. The van der Waals surface area contributed by atoms with Crippen LogP contribution in [0.3, 0.4) is 0 Å². The van der Waals surface area contributed by atoms with E-state index in [-0.39, 0.29) is 12.2 Å². The van der Waals surface area contributed by atoms with Gasteiger partial charge in [0.15, 0.2) is 5.78 Å². The minimum atomic E-state index is 0.0259. The van der Waals surface area contributed by atoms with Gasteiger partial charge in [0.2, 0.25) is 0 Å². The zero-order valence-corrected chi connectivity index (χ0v) is 11.2. The van der Waals surface area contributed by atoms with Crippen LogP contribution in [-0.2, 0) is 13.0 Å². The molecule has 0 aliphatic rings. The van der Waals surface area contributed by atoms with E-state index in [0.717, 1.165) is 6.54 Å². The second-order valence-electron chi connectivity index (χ2n) is 4.97. The molecule has 0 amide bonds. The maximum absolute atomic E-state index is 12.1. The Morgan fingerprint density at radius 3 is 2.63 bits per heavy atom. The first-order valence-electron chi connectivity index (χ1n) is 6.31. The van der Waals surface area contributed by atoms with Crippen LogP contribution in [0.2, 0.25) is 0 Å². The van der Waals surface area contributed by atoms with Crippen LogP contribution in [0.15, 0.2) is 30.6 Å². The summed E-state index contributed by atoms with van der Waals surface area (Å²) in [5, 5.41) is 4.15. The highest BCUT2D eigenvalue weighted by Gasteiger charge is 2.12. The van der Waals surface area contributed by atoms with Gasteiger partial charge in [0.25, 0.3) is 0 Å². The Hall–Kier alpha value is -2.17. The molecule has 0 saturated heterocycles. The van der Waals surface area contributed by atoms with E-state index in [9.17, 15) is 4.79 Å². The summed E-state index contributed by atoms with van der Waals surface area (Å²) in [4.78, 5) is 16.3. The fourth-order valence-corrected chi connectivity index (χ4v) is 1.84. The summed E-state index contributed by atoms with van der Waals surface area (Å²) in [6, 6.07) is 6.93. The number of anilines is 1. The number of carbonyl (C=O) groups excluding carboxylic acids is 1. The summed E-state index contributed by atoms with van der Waals surface area (Å²) in [6.45, 7) is 4.98.